The molecule has 1 aliphatic carbocycles. The second-order valence-electron chi connectivity index (χ2n) is 5.35. The summed E-state index contributed by atoms with van der Waals surface area (Å²) in [5, 5.41) is 3.17. The van der Waals surface area contributed by atoms with Crippen LogP contribution in [0.25, 0.3) is 0 Å². The number of rotatable bonds is 3. The van der Waals surface area contributed by atoms with Gasteiger partial charge < -0.3 is 15.8 Å². The van der Waals surface area contributed by atoms with Crippen LogP contribution in [0.5, 0.6) is 0 Å². The van der Waals surface area contributed by atoms with E-state index in [1.54, 1.807) is 0 Å². The van der Waals surface area contributed by atoms with Gasteiger partial charge in [0.25, 0.3) is 0 Å². The first kappa shape index (κ1) is 12.8. The Bertz CT molecular complexity index is 244. The Hall–Kier alpha value is -0.610. The lowest BCUT2D eigenvalue weighted by Gasteiger charge is -2.29. The zero-order chi connectivity index (χ0) is 12.1. The molecule has 1 aliphatic heterocycles. The van der Waals surface area contributed by atoms with Gasteiger partial charge in [-0.3, -0.25) is 4.79 Å². The van der Waals surface area contributed by atoms with Gasteiger partial charge in [-0.1, -0.05) is 0 Å². The lowest BCUT2D eigenvalue weighted by molar-refractivity contribution is -0.127. The Balaban J connectivity index is 1.72. The lowest BCUT2D eigenvalue weighted by atomic mass is 9.81. The van der Waals surface area contributed by atoms with Crippen molar-refractivity contribution in [2.45, 2.75) is 44.6 Å². The molecule has 0 aromatic heterocycles. The highest BCUT2D eigenvalue weighted by Crippen LogP contribution is 2.28. The van der Waals surface area contributed by atoms with Gasteiger partial charge in [-0.05, 0) is 51.0 Å². The van der Waals surface area contributed by atoms with E-state index in [9.17, 15) is 4.79 Å². The van der Waals surface area contributed by atoms with E-state index in [-0.39, 0.29) is 11.8 Å². The van der Waals surface area contributed by atoms with E-state index in [2.05, 4.69) is 5.32 Å². The van der Waals surface area contributed by atoms with Gasteiger partial charge in [0.05, 0.1) is 0 Å². The van der Waals surface area contributed by atoms with E-state index in [1.165, 1.54) is 0 Å². The van der Waals surface area contributed by atoms with Crippen molar-refractivity contribution in [2.75, 3.05) is 19.8 Å². The minimum absolute atomic E-state index is 0.223. The van der Waals surface area contributed by atoms with E-state index >= 15 is 0 Å². The Morgan fingerprint density at radius 3 is 2.35 bits per heavy atom. The number of hydrogen-bond donors (Lipinski definition) is 2. The predicted octanol–water partition coefficient (Wildman–Crippen LogP) is 1.05. The summed E-state index contributed by atoms with van der Waals surface area (Å²) in [5.41, 5.74) is 5.66. The molecule has 0 atom stereocenters. The van der Waals surface area contributed by atoms with E-state index in [0.717, 1.165) is 58.3 Å². The van der Waals surface area contributed by atoms with Crippen LogP contribution in [-0.2, 0) is 9.53 Å². The van der Waals surface area contributed by atoms with E-state index < -0.39 is 0 Å². The van der Waals surface area contributed by atoms with Crippen molar-refractivity contribution in [3.05, 3.63) is 0 Å². The largest absolute Gasteiger partial charge is 0.381 e. The second kappa shape index (κ2) is 6.36. The number of amides is 1. The third-order valence-corrected chi connectivity index (χ3v) is 4.12. The molecule has 0 spiro atoms. The third kappa shape index (κ3) is 3.68. The van der Waals surface area contributed by atoms with Crippen LogP contribution in [-0.4, -0.2) is 31.7 Å². The molecular weight excluding hydrogens is 216 g/mol. The standard InChI is InChI=1S/C13H24N2O2/c14-9-10-1-3-11(4-2-10)13(16)15-12-5-7-17-8-6-12/h10-12H,1-9,14H2,(H,15,16). The molecule has 1 heterocycles. The molecule has 2 fully saturated rings. The van der Waals surface area contributed by atoms with Gasteiger partial charge in [-0.2, -0.15) is 0 Å². The molecule has 0 aromatic carbocycles. The molecule has 0 aromatic rings. The average molecular weight is 240 g/mol. The summed E-state index contributed by atoms with van der Waals surface area (Å²) < 4.78 is 5.29. The molecule has 2 aliphatic rings. The third-order valence-electron chi connectivity index (χ3n) is 4.12. The first-order chi connectivity index (χ1) is 8.29. The monoisotopic (exact) mass is 240 g/mol. The molecule has 0 radical (unpaired) electrons. The van der Waals surface area contributed by atoms with Crippen LogP contribution in [0, 0.1) is 11.8 Å². The molecular formula is C13H24N2O2. The summed E-state index contributed by atoms with van der Waals surface area (Å²) >= 11 is 0. The van der Waals surface area contributed by atoms with Gasteiger partial charge in [-0.15, -0.1) is 0 Å². The molecule has 0 unspecified atom stereocenters. The van der Waals surface area contributed by atoms with Crippen molar-refractivity contribution >= 4 is 5.91 Å². The molecule has 4 nitrogen and oxygen atoms in total. The Morgan fingerprint density at radius 1 is 1.12 bits per heavy atom. The summed E-state index contributed by atoms with van der Waals surface area (Å²) in [6, 6.07) is 0.337. The summed E-state index contributed by atoms with van der Waals surface area (Å²) in [6.45, 7) is 2.34. The van der Waals surface area contributed by atoms with Gasteiger partial charge in [0.2, 0.25) is 5.91 Å². The maximum absolute atomic E-state index is 12.1. The van der Waals surface area contributed by atoms with Crippen LogP contribution in [0.3, 0.4) is 0 Å². The zero-order valence-corrected chi connectivity index (χ0v) is 10.5. The van der Waals surface area contributed by atoms with E-state index in [1.807, 2.05) is 0 Å². The van der Waals surface area contributed by atoms with Gasteiger partial charge in [-0.25, -0.2) is 0 Å². The SMILES string of the molecule is NCC1CCC(C(=O)NC2CCOCC2)CC1. The minimum Gasteiger partial charge on any atom is -0.381 e. The van der Waals surface area contributed by atoms with Crippen LogP contribution in [0.2, 0.25) is 0 Å². The second-order valence-corrected chi connectivity index (χ2v) is 5.35. The van der Waals surface area contributed by atoms with Crippen LogP contribution < -0.4 is 11.1 Å². The van der Waals surface area contributed by atoms with E-state index in [4.69, 9.17) is 10.5 Å². The van der Waals surface area contributed by atoms with Gasteiger partial charge in [0, 0.05) is 25.2 Å². The molecule has 0 bridgehead atoms. The van der Waals surface area contributed by atoms with Crippen LogP contribution in [0.15, 0.2) is 0 Å². The highest BCUT2D eigenvalue weighted by atomic mass is 16.5. The number of carbonyl (C=O) groups excluding carboxylic acids is 1. The maximum atomic E-state index is 12.1. The molecule has 1 saturated carbocycles. The quantitative estimate of drug-likeness (QED) is 0.775. The van der Waals surface area contributed by atoms with Crippen LogP contribution in [0.4, 0.5) is 0 Å². The summed E-state index contributed by atoms with van der Waals surface area (Å²) in [5.74, 6) is 1.12. The summed E-state index contributed by atoms with van der Waals surface area (Å²) in [6.07, 6.45) is 6.17. The smallest absolute Gasteiger partial charge is 0.223 e. The summed E-state index contributed by atoms with van der Waals surface area (Å²) in [4.78, 5) is 12.1. The van der Waals surface area contributed by atoms with Crippen molar-refractivity contribution in [3.8, 4) is 0 Å². The number of ether oxygens (including phenoxy) is 1. The predicted molar refractivity (Wildman–Crippen MR) is 66.5 cm³/mol. The Morgan fingerprint density at radius 2 is 1.76 bits per heavy atom. The maximum Gasteiger partial charge on any atom is 0.223 e. The highest BCUT2D eigenvalue weighted by molar-refractivity contribution is 5.79. The van der Waals surface area contributed by atoms with Crippen molar-refractivity contribution in [1.29, 1.82) is 0 Å². The number of hydrogen-bond acceptors (Lipinski definition) is 3. The van der Waals surface area contributed by atoms with Crippen LogP contribution in [0.1, 0.15) is 38.5 Å². The van der Waals surface area contributed by atoms with Crippen molar-refractivity contribution in [2.24, 2.45) is 17.6 Å². The highest BCUT2D eigenvalue weighted by Gasteiger charge is 2.27. The van der Waals surface area contributed by atoms with E-state index in [0.29, 0.717) is 12.0 Å². The Labute approximate surface area is 103 Å². The van der Waals surface area contributed by atoms with Crippen LogP contribution >= 0.6 is 0 Å². The molecule has 98 valence electrons. The van der Waals surface area contributed by atoms with Crippen molar-refractivity contribution in [3.63, 3.8) is 0 Å². The first-order valence-electron chi connectivity index (χ1n) is 6.87. The Kier molecular flexibility index (Phi) is 4.80. The number of nitrogens with one attached hydrogen (secondary N) is 1. The molecule has 17 heavy (non-hydrogen) atoms. The average Bonchev–Trinajstić information content (AvgIpc) is 2.40. The normalized spacial score (nSPS) is 31.1. The molecule has 4 heteroatoms. The van der Waals surface area contributed by atoms with Crippen molar-refractivity contribution < 1.29 is 9.53 Å². The van der Waals surface area contributed by atoms with Gasteiger partial charge >= 0.3 is 0 Å². The lowest BCUT2D eigenvalue weighted by Crippen LogP contribution is -2.43. The fraction of sp³-hybridized carbons (Fsp3) is 0.923. The molecule has 1 saturated heterocycles. The number of carbonyl (C=O) groups is 1. The molecule has 3 N–H and O–H groups in total. The minimum atomic E-state index is 0.223. The number of nitrogens with two attached hydrogens (primary N) is 1. The fourth-order valence-electron chi connectivity index (χ4n) is 2.82. The van der Waals surface area contributed by atoms with Crippen molar-refractivity contribution in [1.82, 2.24) is 5.32 Å². The summed E-state index contributed by atoms with van der Waals surface area (Å²) in [7, 11) is 0. The zero-order valence-electron chi connectivity index (χ0n) is 10.5. The molecule has 2 rings (SSSR count). The van der Waals surface area contributed by atoms with Gasteiger partial charge in [0.15, 0.2) is 0 Å². The molecule has 1 amide bonds. The van der Waals surface area contributed by atoms with Gasteiger partial charge in [0.1, 0.15) is 0 Å². The fourth-order valence-corrected chi connectivity index (χ4v) is 2.82. The topological polar surface area (TPSA) is 64.4 Å². The first-order valence-corrected chi connectivity index (χ1v) is 6.87.